The Bertz CT molecular complexity index is 1250. The number of carbonyl (C=O) groups is 2. The average Bonchev–Trinajstić information content (AvgIpc) is 3.44. The second kappa shape index (κ2) is 8.94. The molecule has 0 saturated carbocycles. The maximum absolute atomic E-state index is 11.9. The predicted octanol–water partition coefficient (Wildman–Crippen LogP) is 3.37. The van der Waals surface area contributed by atoms with Crippen molar-refractivity contribution in [3.05, 3.63) is 72.1 Å². The molecule has 9 heteroatoms. The van der Waals surface area contributed by atoms with E-state index in [9.17, 15) is 14.7 Å². The molecule has 0 spiro atoms. The first-order valence-electron chi connectivity index (χ1n) is 9.91. The van der Waals surface area contributed by atoms with E-state index in [2.05, 4.69) is 15.2 Å². The molecule has 9 nitrogen and oxygen atoms in total. The lowest BCUT2D eigenvalue weighted by atomic mass is 10.0. The number of carbonyl (C=O) groups excluding carboxylic acids is 1. The van der Waals surface area contributed by atoms with Crippen molar-refractivity contribution in [1.29, 1.82) is 0 Å². The number of aliphatic hydroxyl groups excluding tert-OH is 1. The van der Waals surface area contributed by atoms with Crippen LogP contribution in [0.2, 0.25) is 0 Å². The molecule has 0 aliphatic heterocycles. The fraction of sp³-hybridized carbons (Fsp3) is 0.174. The fourth-order valence-corrected chi connectivity index (χ4v) is 3.27. The van der Waals surface area contributed by atoms with Crippen LogP contribution in [-0.2, 0) is 9.59 Å². The summed E-state index contributed by atoms with van der Waals surface area (Å²) in [7, 11) is 0. The van der Waals surface area contributed by atoms with Crippen molar-refractivity contribution >= 4 is 11.8 Å². The highest BCUT2D eigenvalue weighted by Gasteiger charge is 2.20. The van der Waals surface area contributed by atoms with Gasteiger partial charge in [0, 0.05) is 12.0 Å². The molecule has 162 valence electrons. The van der Waals surface area contributed by atoms with Crippen LogP contribution in [0.3, 0.4) is 0 Å². The van der Waals surface area contributed by atoms with Crippen molar-refractivity contribution < 1.29 is 24.3 Å². The van der Waals surface area contributed by atoms with Crippen LogP contribution in [0, 0.1) is 6.92 Å². The maximum Gasteiger partial charge on any atom is 0.303 e. The zero-order chi connectivity index (χ0) is 22.7. The van der Waals surface area contributed by atoms with Crippen molar-refractivity contribution in [1.82, 2.24) is 19.9 Å². The smallest absolute Gasteiger partial charge is 0.303 e. The quantitative estimate of drug-likeness (QED) is 0.433. The molecule has 2 aromatic heterocycles. The molecule has 0 radical (unpaired) electrons. The number of benzene rings is 2. The Labute approximate surface area is 182 Å². The molecule has 32 heavy (non-hydrogen) atoms. The number of ketones is 1. The Hall–Kier alpha value is -4.11. The Morgan fingerprint density at radius 2 is 1.78 bits per heavy atom. The monoisotopic (exact) mass is 432 g/mol. The normalized spacial score (nSPS) is 11.9. The summed E-state index contributed by atoms with van der Waals surface area (Å²) in [5.74, 6) is -0.955. The van der Waals surface area contributed by atoms with E-state index in [0.717, 1.165) is 11.4 Å². The molecule has 4 rings (SSSR count). The third kappa shape index (κ3) is 4.33. The van der Waals surface area contributed by atoms with Gasteiger partial charge < -0.3 is 14.7 Å². The Balaban J connectivity index is 1.51. The van der Waals surface area contributed by atoms with Crippen LogP contribution in [-0.4, -0.2) is 41.9 Å². The number of aromatic nitrogens is 4. The Morgan fingerprint density at radius 1 is 1.06 bits per heavy atom. The van der Waals surface area contributed by atoms with Crippen LogP contribution in [0.15, 0.2) is 65.3 Å². The van der Waals surface area contributed by atoms with Crippen molar-refractivity contribution in [3.8, 4) is 28.5 Å². The van der Waals surface area contributed by atoms with E-state index in [1.54, 1.807) is 35.1 Å². The standard InChI is InChI=1S/C23H20N4O5/c1-14-18(13-24-27(14)17-5-3-2-4-6-17)23-25-22(26-32-23)16-9-7-15(8-10-16)21(31)19(28)11-12-20(29)30/h2-10,13,21,31H,11-12H2,1H3,(H,29,30). The second-order valence-electron chi connectivity index (χ2n) is 7.20. The van der Waals surface area contributed by atoms with E-state index in [1.807, 2.05) is 37.3 Å². The highest BCUT2D eigenvalue weighted by Crippen LogP contribution is 2.27. The highest BCUT2D eigenvalue weighted by atomic mass is 16.5. The van der Waals surface area contributed by atoms with E-state index < -0.39 is 17.9 Å². The molecule has 2 N–H and O–H groups in total. The van der Waals surface area contributed by atoms with Gasteiger partial charge in [-0.1, -0.05) is 47.6 Å². The minimum atomic E-state index is -1.38. The van der Waals surface area contributed by atoms with Crippen molar-refractivity contribution in [2.24, 2.45) is 0 Å². The van der Waals surface area contributed by atoms with Crippen LogP contribution in [0.25, 0.3) is 28.5 Å². The van der Waals surface area contributed by atoms with Gasteiger partial charge in [-0.2, -0.15) is 10.1 Å². The van der Waals surface area contributed by atoms with Crippen molar-refractivity contribution in [2.45, 2.75) is 25.9 Å². The summed E-state index contributed by atoms with van der Waals surface area (Å²) in [6.45, 7) is 1.91. The number of para-hydroxylation sites is 1. The van der Waals surface area contributed by atoms with Gasteiger partial charge in [-0.25, -0.2) is 4.68 Å². The van der Waals surface area contributed by atoms with Crippen LogP contribution in [0.1, 0.15) is 30.2 Å². The number of aliphatic hydroxyl groups is 1. The van der Waals surface area contributed by atoms with Crippen molar-refractivity contribution in [3.63, 3.8) is 0 Å². The summed E-state index contributed by atoms with van der Waals surface area (Å²) in [5.41, 5.74) is 3.49. The number of aliphatic carboxylic acids is 1. The van der Waals surface area contributed by atoms with E-state index in [0.29, 0.717) is 28.4 Å². The zero-order valence-electron chi connectivity index (χ0n) is 17.2. The molecule has 1 unspecified atom stereocenters. The van der Waals surface area contributed by atoms with Gasteiger partial charge >= 0.3 is 5.97 Å². The minimum Gasteiger partial charge on any atom is -0.481 e. The van der Waals surface area contributed by atoms with Crippen molar-refractivity contribution in [2.75, 3.05) is 0 Å². The van der Waals surface area contributed by atoms with Gasteiger partial charge in [0.15, 0.2) is 5.78 Å². The molecule has 2 heterocycles. The number of Topliss-reactive ketones (excluding diaryl/α,β-unsaturated/α-hetero) is 1. The summed E-state index contributed by atoms with van der Waals surface area (Å²) in [4.78, 5) is 27.0. The number of nitrogens with zero attached hydrogens (tertiary/aromatic N) is 4. The molecule has 0 fully saturated rings. The van der Waals surface area contributed by atoms with E-state index in [4.69, 9.17) is 9.63 Å². The highest BCUT2D eigenvalue weighted by molar-refractivity contribution is 5.86. The Kier molecular flexibility index (Phi) is 5.91. The van der Waals surface area contributed by atoms with Crippen LogP contribution in [0.4, 0.5) is 0 Å². The maximum atomic E-state index is 11.9. The molecule has 2 aromatic carbocycles. The third-order valence-electron chi connectivity index (χ3n) is 5.04. The largest absolute Gasteiger partial charge is 0.481 e. The van der Waals surface area contributed by atoms with Gasteiger partial charge in [0.05, 0.1) is 29.6 Å². The first-order valence-corrected chi connectivity index (χ1v) is 9.91. The molecule has 0 saturated heterocycles. The molecule has 0 amide bonds. The fourth-order valence-electron chi connectivity index (χ4n) is 3.27. The first-order chi connectivity index (χ1) is 15.4. The summed E-state index contributed by atoms with van der Waals surface area (Å²) in [5, 5.41) is 27.3. The van der Waals surface area contributed by atoms with Gasteiger partial charge in [0.25, 0.3) is 5.89 Å². The lowest BCUT2D eigenvalue weighted by molar-refractivity contribution is -0.139. The van der Waals surface area contributed by atoms with Gasteiger partial charge in [-0.05, 0) is 24.6 Å². The topological polar surface area (TPSA) is 131 Å². The predicted molar refractivity (Wildman–Crippen MR) is 114 cm³/mol. The number of carboxylic acids is 1. The summed E-state index contributed by atoms with van der Waals surface area (Å²) >= 11 is 0. The number of hydrogen-bond acceptors (Lipinski definition) is 7. The lowest BCUT2D eigenvalue weighted by Gasteiger charge is -2.09. The van der Waals surface area contributed by atoms with Crippen LogP contribution >= 0.6 is 0 Å². The molecule has 0 bridgehead atoms. The van der Waals surface area contributed by atoms with Gasteiger partial charge in [0.1, 0.15) is 6.10 Å². The third-order valence-corrected chi connectivity index (χ3v) is 5.04. The molecular weight excluding hydrogens is 412 g/mol. The number of carboxylic acid groups (broad SMARTS) is 1. The SMILES string of the molecule is Cc1c(-c2nc(-c3ccc(C(O)C(=O)CCC(=O)O)cc3)no2)cnn1-c1ccccc1. The zero-order valence-corrected chi connectivity index (χ0v) is 17.2. The minimum absolute atomic E-state index is 0.234. The summed E-state index contributed by atoms with van der Waals surface area (Å²) in [6.07, 6.45) is -0.264. The Morgan fingerprint density at radius 3 is 2.47 bits per heavy atom. The van der Waals surface area contributed by atoms with Gasteiger partial charge in [-0.15, -0.1) is 0 Å². The number of hydrogen-bond donors (Lipinski definition) is 2. The molecular formula is C23H20N4O5. The number of rotatable bonds is 8. The van der Waals surface area contributed by atoms with E-state index in [-0.39, 0.29) is 12.8 Å². The van der Waals surface area contributed by atoms with Crippen LogP contribution in [0.5, 0.6) is 0 Å². The second-order valence-corrected chi connectivity index (χ2v) is 7.20. The molecule has 0 aliphatic rings. The van der Waals surface area contributed by atoms with E-state index >= 15 is 0 Å². The summed E-state index contributed by atoms with van der Waals surface area (Å²) in [6, 6.07) is 16.2. The average molecular weight is 432 g/mol. The van der Waals surface area contributed by atoms with Gasteiger partial charge in [-0.3, -0.25) is 9.59 Å². The lowest BCUT2D eigenvalue weighted by Crippen LogP contribution is -2.13. The molecule has 0 aliphatic carbocycles. The molecule has 1 atom stereocenters. The summed E-state index contributed by atoms with van der Waals surface area (Å²) < 4.78 is 7.22. The molecule has 4 aromatic rings. The van der Waals surface area contributed by atoms with Crippen LogP contribution < -0.4 is 0 Å². The van der Waals surface area contributed by atoms with Gasteiger partial charge in [0.2, 0.25) is 5.82 Å². The van der Waals surface area contributed by atoms with E-state index in [1.165, 1.54) is 0 Å². The first kappa shape index (κ1) is 21.1.